The maximum Gasteiger partial charge on any atom is 0.0830 e. The Morgan fingerprint density at radius 1 is 1.00 bits per heavy atom. The molecule has 0 nitrogen and oxygen atoms in total. The van der Waals surface area contributed by atoms with Gasteiger partial charge in [-0.3, -0.25) is 0 Å². The van der Waals surface area contributed by atoms with Crippen LogP contribution in [0.3, 0.4) is 0 Å². The highest BCUT2D eigenvalue weighted by Gasteiger charge is 2.22. The Labute approximate surface area is 92.5 Å². The predicted molar refractivity (Wildman–Crippen MR) is 65.0 cm³/mol. The van der Waals surface area contributed by atoms with Crippen molar-refractivity contribution < 1.29 is 0 Å². The molecule has 0 saturated heterocycles. The first-order valence-corrected chi connectivity index (χ1v) is 5.49. The summed E-state index contributed by atoms with van der Waals surface area (Å²) < 4.78 is 0.0806. The normalized spacial score (nSPS) is 18.8. The van der Waals surface area contributed by atoms with Crippen molar-refractivity contribution in [1.82, 2.24) is 0 Å². The minimum atomic E-state index is 0.0806. The summed E-state index contributed by atoms with van der Waals surface area (Å²) in [6, 6.07) is 10.6. The first kappa shape index (κ1) is 9.00. The van der Waals surface area contributed by atoms with Crippen molar-refractivity contribution in [2.45, 2.75) is 9.84 Å². The molecule has 1 aromatic carbocycles. The Balaban J connectivity index is 2.39. The molecule has 0 aliphatic heterocycles. The number of hydrogen-bond acceptors (Lipinski definition) is 0. The van der Waals surface area contributed by atoms with Crippen molar-refractivity contribution in [3.8, 4) is 0 Å². The highest BCUT2D eigenvalue weighted by atomic mass is 127. The number of alkyl halides is 1. The summed E-state index contributed by atoms with van der Waals surface area (Å²) in [4.78, 5) is 0. The summed E-state index contributed by atoms with van der Waals surface area (Å²) >= 11 is 2.48. The Kier molecular flexibility index (Phi) is 2.54. The summed E-state index contributed by atoms with van der Waals surface area (Å²) in [6.07, 6.45) is 10.0. The van der Waals surface area contributed by atoms with Crippen LogP contribution in [0.25, 0.3) is 0 Å². The van der Waals surface area contributed by atoms with E-state index in [1.165, 1.54) is 5.56 Å². The molecular weight excluding hydrogens is 271 g/mol. The van der Waals surface area contributed by atoms with E-state index in [9.17, 15) is 0 Å². The number of benzene rings is 1. The van der Waals surface area contributed by atoms with Gasteiger partial charge in [0, 0.05) is 0 Å². The lowest BCUT2D eigenvalue weighted by Crippen LogP contribution is -2.12. The van der Waals surface area contributed by atoms with Gasteiger partial charge in [-0.15, -0.1) is 0 Å². The molecule has 0 spiro atoms. The highest BCUT2D eigenvalue weighted by molar-refractivity contribution is 14.1. The SMILES string of the molecule is IC1(c2ccccc2)C=CCC=C1. The molecule has 1 aliphatic carbocycles. The second-order valence-corrected chi connectivity index (χ2v) is 4.96. The molecule has 0 fully saturated rings. The largest absolute Gasteiger partial charge is 0.0830 e. The molecule has 0 N–H and O–H groups in total. The van der Waals surface area contributed by atoms with E-state index in [4.69, 9.17) is 0 Å². The Bertz CT molecular complexity index is 323. The standard InChI is InChI=1S/C12H11I/c13-12(9-5-2-6-10-12)11-7-3-1-4-8-11/h1,3-10H,2H2. The van der Waals surface area contributed by atoms with Crippen molar-refractivity contribution in [2.75, 3.05) is 0 Å². The van der Waals surface area contributed by atoms with E-state index in [0.29, 0.717) is 0 Å². The summed E-state index contributed by atoms with van der Waals surface area (Å²) in [5.74, 6) is 0. The fourth-order valence-corrected chi connectivity index (χ4v) is 2.37. The van der Waals surface area contributed by atoms with Crippen LogP contribution in [0.2, 0.25) is 0 Å². The zero-order valence-corrected chi connectivity index (χ0v) is 9.44. The van der Waals surface area contributed by atoms with Crippen molar-refractivity contribution in [1.29, 1.82) is 0 Å². The number of allylic oxidation sites excluding steroid dienone is 4. The first-order chi connectivity index (χ1) is 6.31. The third kappa shape index (κ3) is 1.85. The quantitative estimate of drug-likeness (QED) is 0.417. The van der Waals surface area contributed by atoms with Crippen molar-refractivity contribution >= 4 is 22.6 Å². The highest BCUT2D eigenvalue weighted by Crippen LogP contribution is 2.37. The van der Waals surface area contributed by atoms with E-state index < -0.39 is 0 Å². The Morgan fingerprint density at radius 3 is 2.23 bits per heavy atom. The van der Waals surface area contributed by atoms with E-state index in [0.717, 1.165) is 6.42 Å². The monoisotopic (exact) mass is 282 g/mol. The average molecular weight is 282 g/mol. The van der Waals surface area contributed by atoms with E-state index in [1.807, 2.05) is 0 Å². The van der Waals surface area contributed by atoms with Gasteiger partial charge in [0.05, 0.1) is 3.42 Å². The summed E-state index contributed by atoms with van der Waals surface area (Å²) in [7, 11) is 0. The summed E-state index contributed by atoms with van der Waals surface area (Å²) in [5.41, 5.74) is 1.35. The zero-order chi connectivity index (χ0) is 9.15. The molecule has 1 heteroatoms. The summed E-state index contributed by atoms with van der Waals surface area (Å²) in [6.45, 7) is 0. The number of halogens is 1. The average Bonchev–Trinajstić information content (AvgIpc) is 2.20. The van der Waals surface area contributed by atoms with E-state index >= 15 is 0 Å². The minimum Gasteiger partial charge on any atom is -0.0828 e. The molecule has 2 rings (SSSR count). The van der Waals surface area contributed by atoms with Crippen LogP contribution < -0.4 is 0 Å². The molecule has 0 aromatic heterocycles. The molecule has 1 aromatic rings. The molecule has 66 valence electrons. The fourth-order valence-electron chi connectivity index (χ4n) is 1.50. The van der Waals surface area contributed by atoms with Gasteiger partial charge in [-0.1, -0.05) is 77.2 Å². The van der Waals surface area contributed by atoms with Crippen LogP contribution >= 0.6 is 22.6 Å². The fraction of sp³-hybridized carbons (Fsp3) is 0.167. The Hall–Kier alpha value is -0.570. The van der Waals surface area contributed by atoms with Crippen LogP contribution in [-0.2, 0) is 3.42 Å². The van der Waals surface area contributed by atoms with Crippen LogP contribution in [-0.4, -0.2) is 0 Å². The molecule has 0 bridgehead atoms. The van der Waals surface area contributed by atoms with Gasteiger partial charge in [-0.25, -0.2) is 0 Å². The van der Waals surface area contributed by atoms with E-state index in [-0.39, 0.29) is 3.42 Å². The molecule has 13 heavy (non-hydrogen) atoms. The van der Waals surface area contributed by atoms with Crippen molar-refractivity contribution in [2.24, 2.45) is 0 Å². The molecule has 0 unspecified atom stereocenters. The maximum atomic E-state index is 2.48. The van der Waals surface area contributed by atoms with Gasteiger partial charge in [-0.05, 0) is 12.0 Å². The van der Waals surface area contributed by atoms with E-state index in [1.54, 1.807) is 0 Å². The topological polar surface area (TPSA) is 0 Å². The van der Waals surface area contributed by atoms with Crippen LogP contribution in [0.15, 0.2) is 54.6 Å². The van der Waals surface area contributed by atoms with Crippen LogP contribution in [0.4, 0.5) is 0 Å². The summed E-state index contributed by atoms with van der Waals surface area (Å²) in [5, 5.41) is 0. The van der Waals surface area contributed by atoms with Gasteiger partial charge in [0.15, 0.2) is 0 Å². The van der Waals surface area contributed by atoms with Gasteiger partial charge in [-0.2, -0.15) is 0 Å². The molecule has 0 atom stereocenters. The zero-order valence-electron chi connectivity index (χ0n) is 7.28. The predicted octanol–water partition coefficient (Wildman–Crippen LogP) is 3.83. The van der Waals surface area contributed by atoms with Crippen LogP contribution in [0.5, 0.6) is 0 Å². The molecule has 0 amide bonds. The number of hydrogen-bond donors (Lipinski definition) is 0. The lowest BCUT2D eigenvalue weighted by atomic mass is 9.95. The first-order valence-electron chi connectivity index (χ1n) is 4.41. The molecular formula is C12H11I. The lowest BCUT2D eigenvalue weighted by Gasteiger charge is -2.22. The van der Waals surface area contributed by atoms with Gasteiger partial charge in [0.25, 0.3) is 0 Å². The van der Waals surface area contributed by atoms with Crippen molar-refractivity contribution in [3.63, 3.8) is 0 Å². The van der Waals surface area contributed by atoms with E-state index in [2.05, 4.69) is 77.2 Å². The number of rotatable bonds is 1. The molecule has 1 aliphatic rings. The van der Waals surface area contributed by atoms with Gasteiger partial charge in [0.2, 0.25) is 0 Å². The third-order valence-electron chi connectivity index (χ3n) is 2.21. The maximum absolute atomic E-state index is 2.48. The second kappa shape index (κ2) is 3.66. The second-order valence-electron chi connectivity index (χ2n) is 3.17. The Morgan fingerprint density at radius 2 is 1.62 bits per heavy atom. The molecule has 0 saturated carbocycles. The van der Waals surface area contributed by atoms with Crippen molar-refractivity contribution in [3.05, 3.63) is 60.2 Å². The van der Waals surface area contributed by atoms with Crippen LogP contribution in [0, 0.1) is 0 Å². The molecule has 0 radical (unpaired) electrons. The van der Waals surface area contributed by atoms with Crippen LogP contribution in [0.1, 0.15) is 12.0 Å². The third-order valence-corrected chi connectivity index (χ3v) is 3.55. The molecule has 0 heterocycles. The minimum absolute atomic E-state index is 0.0806. The van der Waals surface area contributed by atoms with Gasteiger partial charge < -0.3 is 0 Å². The lowest BCUT2D eigenvalue weighted by molar-refractivity contribution is 1.000. The van der Waals surface area contributed by atoms with Gasteiger partial charge in [0.1, 0.15) is 0 Å². The smallest absolute Gasteiger partial charge is 0.0828 e. The van der Waals surface area contributed by atoms with Gasteiger partial charge >= 0.3 is 0 Å².